The second kappa shape index (κ2) is 11.7. The minimum atomic E-state index is -0.218. The molecule has 2 aliphatic heterocycles. The van der Waals surface area contributed by atoms with E-state index in [2.05, 4.69) is 27.7 Å². The van der Waals surface area contributed by atoms with Gasteiger partial charge >= 0.3 is 0 Å². The van der Waals surface area contributed by atoms with Gasteiger partial charge in [0.1, 0.15) is 0 Å². The molecule has 8 heteroatoms. The molecule has 2 amide bonds. The molecule has 0 spiro atoms. The van der Waals surface area contributed by atoms with E-state index in [4.69, 9.17) is 4.74 Å². The van der Waals surface area contributed by atoms with E-state index in [1.54, 1.807) is 7.11 Å². The molecule has 8 nitrogen and oxygen atoms in total. The number of fused-ring (bicyclic) bond motifs is 3. The number of anilines is 2. The highest BCUT2D eigenvalue weighted by atomic mass is 16.5. The SMILES string of the molecule is COC[C@@H]1Nc2ccccc2[C@H]2[C@H]1CCN2C(=O)[C@H]1CCCC[C@H]1NC(=O)c1ccc(N(C)CCO)cc1. The van der Waals surface area contributed by atoms with Gasteiger partial charge < -0.3 is 30.3 Å². The van der Waals surface area contributed by atoms with Gasteiger partial charge in [0.25, 0.3) is 5.91 Å². The summed E-state index contributed by atoms with van der Waals surface area (Å²) in [6, 6.07) is 15.7. The van der Waals surface area contributed by atoms with Crippen LogP contribution in [0, 0.1) is 11.8 Å². The van der Waals surface area contributed by atoms with Crippen LogP contribution in [-0.4, -0.2) is 74.4 Å². The van der Waals surface area contributed by atoms with Crippen LogP contribution in [0.15, 0.2) is 48.5 Å². The number of amides is 2. The molecule has 1 aliphatic carbocycles. The predicted octanol–water partition coefficient (Wildman–Crippen LogP) is 3.43. The first-order chi connectivity index (χ1) is 18.5. The molecule has 1 saturated carbocycles. The number of hydrogen-bond donors (Lipinski definition) is 3. The summed E-state index contributed by atoms with van der Waals surface area (Å²) in [5, 5.41) is 16.0. The van der Waals surface area contributed by atoms with Gasteiger partial charge in [-0.1, -0.05) is 31.0 Å². The quantitative estimate of drug-likeness (QED) is 0.494. The largest absolute Gasteiger partial charge is 0.395 e. The van der Waals surface area contributed by atoms with Crippen molar-refractivity contribution < 1.29 is 19.4 Å². The van der Waals surface area contributed by atoms with Crippen molar-refractivity contribution in [1.82, 2.24) is 10.2 Å². The van der Waals surface area contributed by atoms with E-state index in [1.807, 2.05) is 48.3 Å². The molecular formula is C30H40N4O4. The fraction of sp³-hybridized carbons (Fsp3) is 0.533. The van der Waals surface area contributed by atoms with Gasteiger partial charge in [0.05, 0.1) is 31.2 Å². The molecule has 1 saturated heterocycles. The lowest BCUT2D eigenvalue weighted by Crippen LogP contribution is -2.50. The zero-order valence-electron chi connectivity index (χ0n) is 22.4. The summed E-state index contributed by atoms with van der Waals surface area (Å²) >= 11 is 0. The number of carbonyl (C=O) groups is 2. The average molecular weight is 521 g/mol. The normalized spacial score (nSPS) is 26.2. The van der Waals surface area contributed by atoms with Crippen molar-refractivity contribution in [2.75, 3.05) is 50.7 Å². The minimum absolute atomic E-state index is 0.0295. The summed E-state index contributed by atoms with van der Waals surface area (Å²) in [4.78, 5) is 31.4. The molecule has 5 rings (SSSR count). The molecule has 2 heterocycles. The first-order valence-corrected chi connectivity index (χ1v) is 13.9. The van der Waals surface area contributed by atoms with E-state index in [0.29, 0.717) is 24.6 Å². The van der Waals surface area contributed by atoms with Crippen molar-refractivity contribution in [2.24, 2.45) is 11.8 Å². The van der Waals surface area contributed by atoms with E-state index in [9.17, 15) is 14.7 Å². The number of aliphatic hydroxyl groups excluding tert-OH is 1. The number of para-hydroxylation sites is 1. The number of nitrogens with zero attached hydrogens (tertiary/aromatic N) is 2. The zero-order valence-corrected chi connectivity index (χ0v) is 22.4. The lowest BCUT2D eigenvalue weighted by Gasteiger charge is -2.41. The van der Waals surface area contributed by atoms with Crippen molar-refractivity contribution in [3.8, 4) is 0 Å². The number of carbonyl (C=O) groups excluding carboxylic acids is 2. The molecule has 3 N–H and O–H groups in total. The van der Waals surface area contributed by atoms with Crippen LogP contribution >= 0.6 is 0 Å². The van der Waals surface area contributed by atoms with Crippen molar-refractivity contribution in [3.05, 3.63) is 59.7 Å². The number of rotatable bonds is 8. The van der Waals surface area contributed by atoms with Gasteiger partial charge in [-0.3, -0.25) is 9.59 Å². The van der Waals surface area contributed by atoms with Crippen LogP contribution in [0.2, 0.25) is 0 Å². The Hall–Kier alpha value is -3.10. The van der Waals surface area contributed by atoms with Gasteiger partial charge in [-0.2, -0.15) is 0 Å². The Morgan fingerprint density at radius 1 is 1.11 bits per heavy atom. The van der Waals surface area contributed by atoms with Gasteiger partial charge in [-0.25, -0.2) is 0 Å². The summed E-state index contributed by atoms with van der Waals surface area (Å²) in [6.07, 6.45) is 4.55. The van der Waals surface area contributed by atoms with E-state index >= 15 is 0 Å². The maximum absolute atomic E-state index is 14.1. The predicted molar refractivity (Wildman–Crippen MR) is 148 cm³/mol. The van der Waals surface area contributed by atoms with Gasteiger partial charge in [-0.15, -0.1) is 0 Å². The summed E-state index contributed by atoms with van der Waals surface area (Å²) in [7, 11) is 3.63. The number of benzene rings is 2. The van der Waals surface area contributed by atoms with Crippen LogP contribution < -0.4 is 15.5 Å². The lowest BCUT2D eigenvalue weighted by molar-refractivity contribution is -0.139. The first kappa shape index (κ1) is 26.5. The van der Waals surface area contributed by atoms with Gasteiger partial charge in [0, 0.05) is 56.1 Å². The molecule has 38 heavy (non-hydrogen) atoms. The Morgan fingerprint density at radius 2 is 1.87 bits per heavy atom. The molecule has 2 aromatic rings. The zero-order chi connectivity index (χ0) is 26.6. The number of likely N-dealkylation sites (tertiary alicyclic amines) is 1. The van der Waals surface area contributed by atoms with Gasteiger partial charge in [0.2, 0.25) is 5.91 Å². The Balaban J connectivity index is 1.32. The van der Waals surface area contributed by atoms with Crippen molar-refractivity contribution in [2.45, 2.75) is 50.2 Å². The second-order valence-corrected chi connectivity index (χ2v) is 10.9. The average Bonchev–Trinajstić information content (AvgIpc) is 3.39. The standard InChI is InChI=1S/C30H40N4O4/c1-33(17-18-35)21-13-11-20(12-14-21)29(36)32-26-10-6-4-8-24(26)30(37)34-16-15-23-27(19-38-2)31-25-9-5-3-7-22(25)28(23)34/h3,5,7,9,11-14,23-24,26-28,31,35H,4,6,8,10,15-19H2,1-2H3,(H,32,36)/t23-,24-,26+,27-,28-/m0/s1. The van der Waals surface area contributed by atoms with Crippen LogP contribution in [0.5, 0.6) is 0 Å². The van der Waals surface area contributed by atoms with Crippen LogP contribution in [0.4, 0.5) is 11.4 Å². The molecule has 204 valence electrons. The third-order valence-corrected chi connectivity index (χ3v) is 8.62. The Labute approximate surface area is 225 Å². The summed E-state index contributed by atoms with van der Waals surface area (Å²) in [5.41, 5.74) is 3.79. The van der Waals surface area contributed by atoms with Crippen LogP contribution in [0.3, 0.4) is 0 Å². The summed E-state index contributed by atoms with van der Waals surface area (Å²) in [6.45, 7) is 1.94. The van der Waals surface area contributed by atoms with Crippen molar-refractivity contribution >= 4 is 23.2 Å². The highest BCUT2D eigenvalue weighted by molar-refractivity contribution is 5.95. The minimum Gasteiger partial charge on any atom is -0.395 e. The van der Waals surface area contributed by atoms with Crippen LogP contribution in [0.25, 0.3) is 0 Å². The van der Waals surface area contributed by atoms with Crippen molar-refractivity contribution in [3.63, 3.8) is 0 Å². The molecule has 0 aromatic heterocycles. The van der Waals surface area contributed by atoms with Crippen molar-refractivity contribution in [1.29, 1.82) is 0 Å². The number of likely N-dealkylation sites (N-methyl/N-ethyl adjacent to an activating group) is 1. The highest BCUT2D eigenvalue weighted by Gasteiger charge is 2.48. The van der Waals surface area contributed by atoms with E-state index in [-0.39, 0.29) is 42.5 Å². The smallest absolute Gasteiger partial charge is 0.251 e. The fourth-order valence-electron chi connectivity index (χ4n) is 6.63. The second-order valence-electron chi connectivity index (χ2n) is 10.9. The number of aliphatic hydroxyl groups is 1. The van der Waals surface area contributed by atoms with Gasteiger partial charge in [0.15, 0.2) is 0 Å². The number of methoxy groups -OCH3 is 1. The van der Waals surface area contributed by atoms with E-state index in [1.165, 1.54) is 5.56 Å². The molecule has 2 fully saturated rings. The Morgan fingerprint density at radius 3 is 2.63 bits per heavy atom. The number of nitrogens with one attached hydrogen (secondary N) is 2. The lowest BCUT2D eigenvalue weighted by atomic mass is 9.81. The Bertz CT molecular complexity index is 1120. The maximum Gasteiger partial charge on any atom is 0.251 e. The number of hydrogen-bond acceptors (Lipinski definition) is 6. The maximum atomic E-state index is 14.1. The molecular weight excluding hydrogens is 480 g/mol. The van der Waals surface area contributed by atoms with E-state index < -0.39 is 0 Å². The molecule has 0 bridgehead atoms. The third-order valence-electron chi connectivity index (χ3n) is 8.62. The van der Waals surface area contributed by atoms with Crippen LogP contribution in [0.1, 0.15) is 54.1 Å². The first-order valence-electron chi connectivity index (χ1n) is 13.9. The Kier molecular flexibility index (Phi) is 8.19. The molecule has 0 unspecified atom stereocenters. The highest BCUT2D eigenvalue weighted by Crippen LogP contribution is 2.47. The molecule has 5 atom stereocenters. The molecule has 0 radical (unpaired) electrons. The molecule has 2 aromatic carbocycles. The monoisotopic (exact) mass is 520 g/mol. The van der Waals surface area contributed by atoms with Gasteiger partial charge in [-0.05, 0) is 55.2 Å². The van der Waals surface area contributed by atoms with Crippen LogP contribution in [-0.2, 0) is 9.53 Å². The molecule has 3 aliphatic rings. The summed E-state index contributed by atoms with van der Waals surface area (Å²) in [5.74, 6) is 0.103. The third kappa shape index (κ3) is 5.24. The number of ether oxygens (including phenoxy) is 1. The van der Waals surface area contributed by atoms with E-state index in [0.717, 1.165) is 50.0 Å². The fourth-order valence-corrected chi connectivity index (χ4v) is 6.63. The summed E-state index contributed by atoms with van der Waals surface area (Å²) < 4.78 is 5.52. The topological polar surface area (TPSA) is 94.1 Å².